The Morgan fingerprint density at radius 2 is 2.03 bits per heavy atom. The molecule has 2 atom stereocenters. The van der Waals surface area contributed by atoms with Crippen molar-refractivity contribution >= 4 is 56.8 Å². The number of nitro groups is 1. The number of likely N-dealkylation sites (tertiary alicyclic amines) is 1. The summed E-state index contributed by atoms with van der Waals surface area (Å²) in [7, 11) is 0. The number of β-lactam (4-membered cyclic amide) rings is 1. The average molecular weight is 502 g/mol. The molecule has 11 nitrogen and oxygen atoms in total. The number of carbonyl (C=O) groups excluding carboxylic acids is 4. The molecule has 2 unspecified atom stereocenters. The van der Waals surface area contributed by atoms with Crippen molar-refractivity contribution in [3.63, 3.8) is 0 Å². The number of benzene rings is 1. The Morgan fingerprint density at radius 3 is 2.53 bits per heavy atom. The molecule has 30 heavy (non-hydrogen) atoms. The van der Waals surface area contributed by atoms with Crippen LogP contribution in [0.5, 0.6) is 0 Å². The van der Waals surface area contributed by atoms with Gasteiger partial charge in [-0.1, -0.05) is 27.7 Å². The molecule has 1 saturated heterocycles. The first-order valence-electron chi connectivity index (χ1n) is 8.29. The molecule has 0 spiro atoms. The van der Waals surface area contributed by atoms with Gasteiger partial charge >= 0.3 is 5.97 Å². The summed E-state index contributed by atoms with van der Waals surface area (Å²) >= 11 is 3.64. The number of carbonyl (C=O) groups is 4. The lowest BCUT2D eigenvalue weighted by molar-refractivity contribution is -0.384. The number of nitrogens with zero attached hydrogens (tertiary/aromatic N) is 2. The molecule has 1 aromatic rings. The molecule has 2 rings (SSSR count). The predicted octanol–water partition coefficient (Wildman–Crippen LogP) is 1.40. The molecule has 2 N–H and O–H groups in total. The van der Waals surface area contributed by atoms with Crippen molar-refractivity contribution in [1.29, 1.82) is 0 Å². The molecule has 1 fully saturated rings. The van der Waals surface area contributed by atoms with Gasteiger partial charge in [-0.05, 0) is 17.7 Å². The third-order valence-corrected chi connectivity index (χ3v) is 5.35. The molecule has 1 aliphatic heterocycles. The van der Waals surface area contributed by atoms with Gasteiger partial charge < -0.3 is 15.2 Å². The van der Waals surface area contributed by atoms with Crippen LogP contribution in [0.4, 0.5) is 5.69 Å². The van der Waals surface area contributed by atoms with E-state index in [1.807, 2.05) is 0 Å². The highest BCUT2D eigenvalue weighted by Gasteiger charge is 2.52. The molecule has 0 aromatic heterocycles. The van der Waals surface area contributed by atoms with Crippen LogP contribution < -0.4 is 5.32 Å². The van der Waals surface area contributed by atoms with Gasteiger partial charge in [-0.15, -0.1) is 0 Å². The summed E-state index contributed by atoms with van der Waals surface area (Å²) in [5, 5.41) is 22.1. The topological polar surface area (TPSA) is 156 Å². The molecule has 0 saturated carbocycles. The van der Waals surface area contributed by atoms with E-state index in [1.54, 1.807) is 0 Å². The SMILES string of the molecule is CC(=O)NC1C(=O)N(C(C(=O)OCc2ccc([N+](=O)[O-])cc2)=C(O)CBr)C1SC=O. The highest BCUT2D eigenvalue weighted by atomic mass is 79.9. The number of halogens is 1. The molecule has 0 aliphatic carbocycles. The largest absolute Gasteiger partial charge is 0.509 e. The summed E-state index contributed by atoms with van der Waals surface area (Å²) in [6.07, 6.45) is 0. The lowest BCUT2D eigenvalue weighted by atomic mass is 10.1. The summed E-state index contributed by atoms with van der Waals surface area (Å²) in [5.41, 5.74) is 0.284. The number of nitro benzene ring substituents is 1. The Bertz CT molecular complexity index is 905. The first-order valence-corrected chi connectivity index (χ1v) is 10.4. The minimum Gasteiger partial charge on any atom is -0.509 e. The van der Waals surface area contributed by atoms with Crippen LogP contribution in [0, 0.1) is 10.1 Å². The Morgan fingerprint density at radius 1 is 1.40 bits per heavy atom. The number of hydrogen-bond acceptors (Lipinski definition) is 9. The fourth-order valence-corrected chi connectivity index (χ4v) is 3.65. The minimum absolute atomic E-state index is 0.133. The summed E-state index contributed by atoms with van der Waals surface area (Å²) in [6, 6.07) is 4.23. The number of aliphatic hydroxyl groups is 1. The summed E-state index contributed by atoms with van der Waals surface area (Å²) < 4.78 is 5.14. The molecular weight excluding hydrogens is 486 g/mol. The molecule has 13 heteroatoms. The van der Waals surface area contributed by atoms with Crippen molar-refractivity contribution in [2.24, 2.45) is 0 Å². The van der Waals surface area contributed by atoms with E-state index in [9.17, 15) is 34.4 Å². The van der Waals surface area contributed by atoms with Crippen LogP contribution in [-0.4, -0.2) is 55.1 Å². The van der Waals surface area contributed by atoms with E-state index < -0.39 is 45.6 Å². The van der Waals surface area contributed by atoms with E-state index >= 15 is 0 Å². The highest BCUT2D eigenvalue weighted by molar-refractivity contribution is 9.09. The lowest BCUT2D eigenvalue weighted by Gasteiger charge is -2.45. The maximum atomic E-state index is 12.6. The molecule has 1 aliphatic rings. The van der Waals surface area contributed by atoms with Crippen molar-refractivity contribution in [3.8, 4) is 0 Å². The van der Waals surface area contributed by atoms with Crippen molar-refractivity contribution in [2.75, 3.05) is 5.33 Å². The standard InChI is InChI=1S/C17H16BrN3O8S/c1-9(23)19-13-15(25)20(16(13)30-8-22)14(12(24)6-18)17(26)29-7-10-2-4-11(5-3-10)21(27)28/h2-5,8,13,16,24H,6-7H2,1H3,(H,19,23). The fraction of sp³-hybridized carbons (Fsp3) is 0.294. The number of amides is 2. The Balaban J connectivity index is 2.19. The molecular formula is C17H16BrN3O8S. The van der Waals surface area contributed by atoms with Crippen LogP contribution in [0.25, 0.3) is 0 Å². The number of thioether (sulfide) groups is 1. The molecule has 1 heterocycles. The lowest BCUT2D eigenvalue weighted by Crippen LogP contribution is -2.69. The normalized spacial score (nSPS) is 18.7. The Hall–Kier alpha value is -2.93. The van der Waals surface area contributed by atoms with Crippen LogP contribution in [0.2, 0.25) is 0 Å². The maximum Gasteiger partial charge on any atom is 0.358 e. The molecule has 0 bridgehead atoms. The van der Waals surface area contributed by atoms with E-state index in [-0.39, 0.29) is 17.6 Å². The summed E-state index contributed by atoms with van der Waals surface area (Å²) in [4.78, 5) is 58.3. The van der Waals surface area contributed by atoms with Gasteiger partial charge in [0.05, 0.1) is 10.3 Å². The summed E-state index contributed by atoms with van der Waals surface area (Å²) in [5.74, 6) is -2.74. The minimum atomic E-state index is -1.04. The smallest absolute Gasteiger partial charge is 0.358 e. The fourth-order valence-electron chi connectivity index (χ4n) is 2.60. The van der Waals surface area contributed by atoms with Crippen LogP contribution in [0.15, 0.2) is 35.7 Å². The Kier molecular flexibility index (Phi) is 7.94. The van der Waals surface area contributed by atoms with Gasteiger partial charge in [0.15, 0.2) is 11.3 Å². The van der Waals surface area contributed by atoms with Crippen LogP contribution in [0.1, 0.15) is 12.5 Å². The number of ether oxygens (including phenoxy) is 1. The zero-order valence-corrected chi connectivity index (χ0v) is 17.8. The molecule has 1 aromatic carbocycles. The number of allylic oxidation sites excluding steroid dienone is 1. The van der Waals surface area contributed by atoms with Crippen molar-refractivity contribution in [3.05, 3.63) is 51.4 Å². The van der Waals surface area contributed by atoms with E-state index in [0.29, 0.717) is 22.9 Å². The van der Waals surface area contributed by atoms with E-state index in [4.69, 9.17) is 4.74 Å². The molecule has 0 radical (unpaired) electrons. The zero-order chi connectivity index (χ0) is 22.4. The van der Waals surface area contributed by atoms with E-state index in [2.05, 4.69) is 21.2 Å². The number of rotatable bonds is 9. The first kappa shape index (κ1) is 23.3. The van der Waals surface area contributed by atoms with Crippen LogP contribution >= 0.6 is 27.7 Å². The van der Waals surface area contributed by atoms with Gasteiger partial charge in [-0.2, -0.15) is 0 Å². The maximum absolute atomic E-state index is 12.6. The summed E-state index contributed by atoms with van der Waals surface area (Å²) in [6.45, 7) is 0.919. The van der Waals surface area contributed by atoms with Crippen LogP contribution in [0.3, 0.4) is 0 Å². The van der Waals surface area contributed by atoms with E-state index in [0.717, 1.165) is 4.90 Å². The average Bonchev–Trinajstić information content (AvgIpc) is 2.72. The second kappa shape index (κ2) is 10.2. The van der Waals surface area contributed by atoms with Gasteiger partial charge in [0.25, 0.3) is 11.6 Å². The third-order valence-electron chi connectivity index (χ3n) is 3.95. The number of aliphatic hydroxyl groups excluding tert-OH is 1. The highest BCUT2D eigenvalue weighted by Crippen LogP contribution is 2.34. The van der Waals surface area contributed by atoms with Crippen molar-refractivity contribution in [2.45, 2.75) is 24.9 Å². The number of nitrogens with one attached hydrogen (secondary N) is 1. The van der Waals surface area contributed by atoms with E-state index in [1.165, 1.54) is 31.2 Å². The van der Waals surface area contributed by atoms with Gasteiger partial charge in [0.2, 0.25) is 5.91 Å². The van der Waals surface area contributed by atoms with Gasteiger partial charge in [-0.3, -0.25) is 29.4 Å². The molecule has 2 amide bonds. The van der Waals surface area contributed by atoms with Gasteiger partial charge in [0, 0.05) is 19.1 Å². The Labute approximate surface area is 182 Å². The second-order valence-electron chi connectivity index (χ2n) is 5.94. The monoisotopic (exact) mass is 501 g/mol. The predicted molar refractivity (Wildman–Crippen MR) is 109 cm³/mol. The van der Waals surface area contributed by atoms with Crippen molar-refractivity contribution in [1.82, 2.24) is 10.2 Å². The number of hydrogen-bond donors (Lipinski definition) is 2. The van der Waals surface area contributed by atoms with Crippen molar-refractivity contribution < 1.29 is 33.9 Å². The zero-order valence-electron chi connectivity index (χ0n) is 15.4. The number of non-ortho nitro benzene ring substituents is 1. The number of esters is 1. The van der Waals surface area contributed by atoms with Gasteiger partial charge in [0.1, 0.15) is 23.8 Å². The first-order chi connectivity index (χ1) is 14.2. The number of alkyl halides is 1. The van der Waals surface area contributed by atoms with Gasteiger partial charge in [-0.25, -0.2) is 4.79 Å². The second-order valence-corrected chi connectivity index (χ2v) is 7.45. The quantitative estimate of drug-likeness (QED) is 0.0745. The third kappa shape index (κ3) is 5.16. The molecule has 160 valence electrons. The van der Waals surface area contributed by atoms with Crippen LogP contribution in [-0.2, 0) is 30.5 Å².